The number of likely N-dealkylation sites (tertiary alicyclic amines) is 2. The van der Waals surface area contributed by atoms with Crippen LogP contribution in [0.5, 0.6) is 0 Å². The summed E-state index contributed by atoms with van der Waals surface area (Å²) in [5, 5.41) is 0. The van der Waals surface area contributed by atoms with Gasteiger partial charge < -0.3 is 9.80 Å². The van der Waals surface area contributed by atoms with Gasteiger partial charge in [0.2, 0.25) is 11.8 Å². The summed E-state index contributed by atoms with van der Waals surface area (Å²) in [6.07, 6.45) is 2.67. The fourth-order valence-corrected chi connectivity index (χ4v) is 4.27. The van der Waals surface area contributed by atoms with Gasteiger partial charge in [-0.3, -0.25) is 9.59 Å². The molecule has 0 atom stereocenters. The molecule has 2 aliphatic rings. The van der Waals surface area contributed by atoms with Gasteiger partial charge in [-0.1, -0.05) is 50.8 Å². The van der Waals surface area contributed by atoms with Crippen LogP contribution in [0, 0.1) is 5.41 Å². The molecule has 0 aromatic heterocycles. The number of nitrogens with zero attached hydrogens (tertiary/aromatic N) is 2. The van der Waals surface area contributed by atoms with E-state index < -0.39 is 5.41 Å². The molecule has 2 saturated heterocycles. The van der Waals surface area contributed by atoms with E-state index >= 15 is 0 Å². The lowest BCUT2D eigenvalue weighted by Gasteiger charge is -2.63. The fourth-order valence-electron chi connectivity index (χ4n) is 4.27. The molecule has 2 fully saturated rings. The maximum absolute atomic E-state index is 13.8. The number of carbonyl (C=O) groups is 2. The molecular weight excluding hydrogens is 324 g/mol. The molecule has 2 aliphatic heterocycles. The lowest BCUT2D eigenvalue weighted by Crippen LogP contribution is -2.73. The Labute approximate surface area is 156 Å². The molecule has 4 nitrogen and oxygen atoms in total. The first kappa shape index (κ1) is 18.7. The number of rotatable bonds is 3. The Kier molecular flexibility index (Phi) is 4.50. The minimum atomic E-state index is -0.549. The van der Waals surface area contributed by atoms with Gasteiger partial charge in [-0.05, 0) is 38.3 Å². The van der Waals surface area contributed by atoms with Crippen molar-refractivity contribution in [2.75, 3.05) is 19.6 Å². The lowest BCUT2D eigenvalue weighted by atomic mass is 9.62. The molecule has 1 aromatic carbocycles. The Morgan fingerprint density at radius 3 is 2.08 bits per heavy atom. The van der Waals surface area contributed by atoms with E-state index in [9.17, 15) is 9.59 Å². The highest BCUT2D eigenvalue weighted by molar-refractivity contribution is 5.91. The van der Waals surface area contributed by atoms with Crippen LogP contribution in [0.3, 0.4) is 0 Å². The van der Waals surface area contributed by atoms with Crippen LogP contribution in [-0.2, 0) is 15.0 Å². The number of amides is 2. The van der Waals surface area contributed by atoms with Crippen LogP contribution in [0.1, 0.15) is 46.1 Å². The van der Waals surface area contributed by atoms with E-state index in [1.54, 1.807) is 4.90 Å². The summed E-state index contributed by atoms with van der Waals surface area (Å²) in [6, 6.07) is 10.1. The Balaban J connectivity index is 1.93. The van der Waals surface area contributed by atoms with Gasteiger partial charge in [0.25, 0.3) is 0 Å². The normalized spacial score (nSPS) is 23.1. The quantitative estimate of drug-likeness (QED) is 0.781. The van der Waals surface area contributed by atoms with Crippen molar-refractivity contribution in [3.8, 4) is 0 Å². The number of hydrogen-bond acceptors (Lipinski definition) is 2. The number of carbonyl (C=O) groups excluding carboxylic acids is 2. The first-order chi connectivity index (χ1) is 12.2. The molecule has 1 aromatic rings. The first-order valence-electron chi connectivity index (χ1n) is 9.45. The van der Waals surface area contributed by atoms with E-state index in [-0.39, 0.29) is 22.8 Å². The van der Waals surface area contributed by atoms with Gasteiger partial charge in [0.15, 0.2) is 0 Å². The van der Waals surface area contributed by atoms with Gasteiger partial charge in [-0.2, -0.15) is 0 Å². The zero-order valence-corrected chi connectivity index (χ0v) is 16.4. The molecule has 26 heavy (non-hydrogen) atoms. The predicted molar refractivity (Wildman–Crippen MR) is 104 cm³/mol. The SMILES string of the molecule is C=CC(=O)N1CCC(C(=O)N2CC(C)(C)C2(C)C)(c2ccccc2)CC1. The summed E-state index contributed by atoms with van der Waals surface area (Å²) >= 11 is 0. The Morgan fingerprint density at radius 2 is 1.62 bits per heavy atom. The average Bonchev–Trinajstić information content (AvgIpc) is 2.65. The van der Waals surface area contributed by atoms with E-state index in [0.29, 0.717) is 25.9 Å². The molecule has 0 aliphatic carbocycles. The van der Waals surface area contributed by atoms with Crippen molar-refractivity contribution in [3.05, 3.63) is 48.6 Å². The number of piperidine rings is 1. The highest BCUT2D eigenvalue weighted by atomic mass is 16.2. The van der Waals surface area contributed by atoms with Crippen molar-refractivity contribution in [2.24, 2.45) is 5.41 Å². The topological polar surface area (TPSA) is 40.6 Å². The van der Waals surface area contributed by atoms with Gasteiger partial charge in [-0.15, -0.1) is 0 Å². The van der Waals surface area contributed by atoms with Gasteiger partial charge in [-0.25, -0.2) is 0 Å². The molecule has 0 radical (unpaired) electrons. The number of benzene rings is 1. The standard InChI is InChI=1S/C22H30N2O2/c1-6-18(25)23-14-12-22(13-15-23,17-10-8-7-9-11-17)19(26)24-16-20(2,3)21(24,4)5/h6-11H,1,12-16H2,2-5H3. The zero-order chi connectivity index (χ0) is 19.2. The molecule has 4 heteroatoms. The first-order valence-corrected chi connectivity index (χ1v) is 9.45. The second kappa shape index (κ2) is 6.26. The Bertz CT molecular complexity index is 713. The zero-order valence-electron chi connectivity index (χ0n) is 16.4. The highest BCUT2D eigenvalue weighted by Crippen LogP contribution is 2.50. The molecule has 0 spiro atoms. The average molecular weight is 354 g/mol. The molecule has 0 unspecified atom stereocenters. The summed E-state index contributed by atoms with van der Waals surface area (Å²) in [5.74, 6) is 0.156. The maximum Gasteiger partial charge on any atom is 0.245 e. The van der Waals surface area contributed by atoms with Crippen molar-refractivity contribution in [3.63, 3.8) is 0 Å². The van der Waals surface area contributed by atoms with Crippen molar-refractivity contribution in [2.45, 2.75) is 51.5 Å². The van der Waals surface area contributed by atoms with E-state index in [4.69, 9.17) is 0 Å². The Morgan fingerprint density at radius 1 is 1.04 bits per heavy atom. The molecule has 0 bridgehead atoms. The van der Waals surface area contributed by atoms with Gasteiger partial charge >= 0.3 is 0 Å². The Hall–Kier alpha value is -2.10. The van der Waals surface area contributed by atoms with Crippen LogP contribution in [0.15, 0.2) is 43.0 Å². The summed E-state index contributed by atoms with van der Waals surface area (Å²) in [6.45, 7) is 14.3. The smallest absolute Gasteiger partial charge is 0.245 e. The van der Waals surface area contributed by atoms with Crippen molar-refractivity contribution in [1.29, 1.82) is 0 Å². The second-order valence-electron chi connectivity index (χ2n) is 8.81. The fraction of sp³-hybridized carbons (Fsp3) is 0.545. The van der Waals surface area contributed by atoms with Crippen molar-refractivity contribution in [1.82, 2.24) is 9.80 Å². The third-order valence-corrected chi connectivity index (χ3v) is 6.97. The largest absolute Gasteiger partial charge is 0.339 e. The van der Waals surface area contributed by atoms with Crippen LogP contribution in [0.4, 0.5) is 0 Å². The molecule has 2 amide bonds. The molecule has 0 saturated carbocycles. The van der Waals surface area contributed by atoms with Gasteiger partial charge in [0.1, 0.15) is 0 Å². The lowest BCUT2D eigenvalue weighted by molar-refractivity contribution is -0.175. The molecule has 3 rings (SSSR count). The minimum absolute atomic E-state index is 0.0514. The van der Waals surface area contributed by atoms with E-state index in [0.717, 1.165) is 12.1 Å². The third-order valence-electron chi connectivity index (χ3n) is 6.97. The monoisotopic (exact) mass is 354 g/mol. The van der Waals surface area contributed by atoms with E-state index in [1.807, 2.05) is 23.1 Å². The van der Waals surface area contributed by atoms with Crippen LogP contribution >= 0.6 is 0 Å². The second-order valence-corrected chi connectivity index (χ2v) is 8.81. The summed E-state index contributed by atoms with van der Waals surface area (Å²) in [7, 11) is 0. The molecule has 140 valence electrons. The highest BCUT2D eigenvalue weighted by Gasteiger charge is 2.58. The minimum Gasteiger partial charge on any atom is -0.339 e. The van der Waals surface area contributed by atoms with Crippen LogP contribution in [0.2, 0.25) is 0 Å². The van der Waals surface area contributed by atoms with Gasteiger partial charge in [0.05, 0.1) is 5.41 Å². The predicted octanol–water partition coefficient (Wildman–Crippen LogP) is 3.38. The number of hydrogen-bond donors (Lipinski definition) is 0. The van der Waals surface area contributed by atoms with E-state index in [2.05, 4.69) is 46.4 Å². The van der Waals surface area contributed by atoms with Crippen molar-refractivity contribution < 1.29 is 9.59 Å². The third kappa shape index (κ3) is 2.67. The van der Waals surface area contributed by atoms with Crippen LogP contribution in [0.25, 0.3) is 0 Å². The molecular formula is C22H30N2O2. The van der Waals surface area contributed by atoms with Gasteiger partial charge in [0, 0.05) is 30.6 Å². The van der Waals surface area contributed by atoms with Crippen LogP contribution in [-0.4, -0.2) is 46.8 Å². The summed E-state index contributed by atoms with van der Waals surface area (Å²) in [4.78, 5) is 29.6. The summed E-state index contributed by atoms with van der Waals surface area (Å²) < 4.78 is 0. The summed E-state index contributed by atoms with van der Waals surface area (Å²) in [5.41, 5.74) is 0.462. The maximum atomic E-state index is 13.8. The molecule has 2 heterocycles. The van der Waals surface area contributed by atoms with E-state index in [1.165, 1.54) is 6.08 Å². The molecule has 0 N–H and O–H groups in total. The van der Waals surface area contributed by atoms with Crippen LogP contribution < -0.4 is 0 Å². The van der Waals surface area contributed by atoms with Crippen molar-refractivity contribution >= 4 is 11.8 Å².